The van der Waals surface area contributed by atoms with Gasteiger partial charge in [0.2, 0.25) is 0 Å². The summed E-state index contributed by atoms with van der Waals surface area (Å²) in [7, 11) is 0. The van der Waals surface area contributed by atoms with Crippen LogP contribution in [-0.2, 0) is 12.1 Å². The van der Waals surface area contributed by atoms with E-state index >= 15 is 4.39 Å². The maximum atomic E-state index is 16.1. The largest absolute Gasteiger partial charge is 0.382 e. The van der Waals surface area contributed by atoms with E-state index in [0.29, 0.717) is 12.1 Å². The molecule has 4 atom stereocenters. The number of halogens is 3. The van der Waals surface area contributed by atoms with Gasteiger partial charge in [0.05, 0.1) is 23.1 Å². The first-order valence-electron chi connectivity index (χ1n) is 13.6. The van der Waals surface area contributed by atoms with Crippen LogP contribution in [0.15, 0.2) is 30.7 Å². The zero-order valence-corrected chi connectivity index (χ0v) is 22.6. The number of aromatic nitrogens is 4. The smallest absolute Gasteiger partial charge is 0.257 e. The summed E-state index contributed by atoms with van der Waals surface area (Å²) in [5.41, 5.74) is -0.595. The summed E-state index contributed by atoms with van der Waals surface area (Å²) in [6, 6.07) is 1.94. The van der Waals surface area contributed by atoms with Gasteiger partial charge in [0, 0.05) is 49.7 Å². The Balaban J connectivity index is 1.27. The summed E-state index contributed by atoms with van der Waals surface area (Å²) in [6.45, 7) is 5.78. The van der Waals surface area contributed by atoms with Crippen molar-refractivity contribution in [1.29, 1.82) is 0 Å². The van der Waals surface area contributed by atoms with E-state index in [1.807, 2.05) is 6.92 Å². The topological polar surface area (TPSA) is 95.3 Å². The van der Waals surface area contributed by atoms with Crippen molar-refractivity contribution in [2.24, 2.45) is 5.92 Å². The molecule has 1 aliphatic carbocycles. The van der Waals surface area contributed by atoms with Crippen molar-refractivity contribution in [2.45, 2.75) is 76.7 Å². The second-order valence-electron chi connectivity index (χ2n) is 11.4. The van der Waals surface area contributed by atoms with Crippen molar-refractivity contribution in [3.05, 3.63) is 70.8 Å². The first-order chi connectivity index (χ1) is 19.1. The molecule has 3 aliphatic rings. The summed E-state index contributed by atoms with van der Waals surface area (Å²) in [6.07, 6.45) is 7.28. The number of pyridine rings is 2. The summed E-state index contributed by atoms with van der Waals surface area (Å²) < 4.78 is 43.8. The van der Waals surface area contributed by atoms with Crippen LogP contribution >= 0.6 is 0 Å². The van der Waals surface area contributed by atoms with Crippen molar-refractivity contribution in [3.63, 3.8) is 0 Å². The number of likely N-dealkylation sites (tertiary alicyclic amines) is 1. The number of carbonyl (C=O) groups excluding carboxylic acids is 1. The summed E-state index contributed by atoms with van der Waals surface area (Å²) >= 11 is 0. The number of hydrogen-bond donors (Lipinski definition) is 1. The molecule has 1 unspecified atom stereocenters. The van der Waals surface area contributed by atoms with Crippen LogP contribution in [0.2, 0.25) is 0 Å². The van der Waals surface area contributed by atoms with Gasteiger partial charge in [-0.2, -0.15) is 0 Å². The lowest BCUT2D eigenvalue weighted by molar-refractivity contribution is 0.0158. The highest BCUT2D eigenvalue weighted by Gasteiger charge is 2.47. The Kier molecular flexibility index (Phi) is 6.61. The Morgan fingerprint density at radius 3 is 2.62 bits per heavy atom. The molecule has 3 aromatic heterocycles. The highest BCUT2D eigenvalue weighted by molar-refractivity contribution is 5.97. The Bertz CT molecular complexity index is 1480. The van der Waals surface area contributed by atoms with Crippen LogP contribution in [0.25, 0.3) is 11.4 Å². The molecule has 210 valence electrons. The zero-order valence-electron chi connectivity index (χ0n) is 22.6. The first-order valence-corrected chi connectivity index (χ1v) is 13.6. The lowest BCUT2D eigenvalue weighted by Crippen LogP contribution is -2.60. The maximum Gasteiger partial charge on any atom is 0.257 e. The second-order valence-corrected chi connectivity index (χ2v) is 11.4. The van der Waals surface area contributed by atoms with Gasteiger partial charge >= 0.3 is 0 Å². The van der Waals surface area contributed by atoms with Gasteiger partial charge in [0.15, 0.2) is 11.6 Å². The number of nitrogens with zero attached hydrogens (tertiary/aromatic N) is 6. The molecule has 3 aromatic rings. The van der Waals surface area contributed by atoms with Gasteiger partial charge in [-0.25, -0.2) is 23.1 Å². The predicted octanol–water partition coefficient (Wildman–Crippen LogP) is 4.15. The molecule has 1 N–H and O–H groups in total. The highest BCUT2D eigenvalue weighted by atomic mass is 19.1. The van der Waals surface area contributed by atoms with E-state index in [-0.39, 0.29) is 59.1 Å². The maximum absolute atomic E-state index is 16.1. The van der Waals surface area contributed by atoms with Crippen LogP contribution < -0.4 is 0 Å². The molecule has 6 rings (SSSR count). The van der Waals surface area contributed by atoms with Crippen LogP contribution in [-0.4, -0.2) is 65.4 Å². The van der Waals surface area contributed by atoms with E-state index in [0.717, 1.165) is 37.9 Å². The third kappa shape index (κ3) is 4.54. The first kappa shape index (κ1) is 26.8. The van der Waals surface area contributed by atoms with E-state index in [4.69, 9.17) is 0 Å². The van der Waals surface area contributed by atoms with E-state index in [1.54, 1.807) is 18.7 Å². The van der Waals surface area contributed by atoms with E-state index in [9.17, 15) is 18.7 Å². The van der Waals surface area contributed by atoms with E-state index in [2.05, 4.69) is 24.8 Å². The van der Waals surface area contributed by atoms with E-state index < -0.39 is 29.0 Å². The van der Waals surface area contributed by atoms with Crippen LogP contribution in [0.5, 0.6) is 0 Å². The molecule has 0 radical (unpaired) electrons. The average Bonchev–Trinajstić information content (AvgIpc) is 3.73. The molecule has 1 saturated carbocycles. The molecular weight excluding hydrogens is 521 g/mol. The highest BCUT2D eigenvalue weighted by Crippen LogP contribution is 2.44. The van der Waals surface area contributed by atoms with Crippen LogP contribution in [0.3, 0.4) is 0 Å². The Labute approximate surface area is 230 Å². The van der Waals surface area contributed by atoms with Crippen molar-refractivity contribution in [3.8, 4) is 11.4 Å². The molecule has 0 aromatic carbocycles. The van der Waals surface area contributed by atoms with Gasteiger partial charge in [-0.15, -0.1) is 0 Å². The Hall–Kier alpha value is -3.44. The van der Waals surface area contributed by atoms with Gasteiger partial charge in [-0.05, 0) is 64.0 Å². The lowest BCUT2D eigenvalue weighted by atomic mass is 9.99. The molecule has 3 fully saturated rings. The lowest BCUT2D eigenvalue weighted by Gasteiger charge is -2.45. The number of hydrogen-bond acceptors (Lipinski definition) is 7. The average molecular weight is 553 g/mol. The van der Waals surface area contributed by atoms with Gasteiger partial charge in [0.25, 0.3) is 5.91 Å². The fourth-order valence-corrected chi connectivity index (χ4v) is 6.25. The molecule has 40 heavy (non-hydrogen) atoms. The molecule has 8 nitrogen and oxygen atoms in total. The molecular formula is C29H31F3N6O2. The van der Waals surface area contributed by atoms with E-state index in [1.165, 1.54) is 18.5 Å². The molecule has 1 amide bonds. The minimum atomic E-state index is -1.23. The number of fused-ring (bicyclic) bond motifs is 2. The minimum Gasteiger partial charge on any atom is -0.382 e. The van der Waals surface area contributed by atoms with Crippen LogP contribution in [0.1, 0.15) is 67.0 Å². The SMILES string of the molecule is Cc1cnc(-c2ccnc(C(C)(O)C3CC3)n2)c(F)c1C(=O)N1C[C@H]2CC[C@@H]([C@H]1C)N2Cc1ncc(F)cc1F. The molecule has 2 saturated heterocycles. The molecule has 11 heteroatoms. The minimum absolute atomic E-state index is 0.0570. The summed E-state index contributed by atoms with van der Waals surface area (Å²) in [4.78, 5) is 34.5. The predicted molar refractivity (Wildman–Crippen MR) is 139 cm³/mol. The Morgan fingerprint density at radius 1 is 1.12 bits per heavy atom. The zero-order chi connectivity index (χ0) is 28.3. The number of carbonyl (C=O) groups is 1. The van der Waals surface area contributed by atoms with Gasteiger partial charge in [0.1, 0.15) is 22.9 Å². The summed E-state index contributed by atoms with van der Waals surface area (Å²) in [5, 5.41) is 10.9. The molecule has 2 aliphatic heterocycles. The van der Waals surface area contributed by atoms with Gasteiger partial charge < -0.3 is 10.0 Å². The normalized spacial score (nSPS) is 24.3. The van der Waals surface area contributed by atoms with Crippen molar-refractivity contribution in [2.75, 3.05) is 6.54 Å². The van der Waals surface area contributed by atoms with Crippen LogP contribution in [0, 0.1) is 30.3 Å². The Morgan fingerprint density at radius 2 is 1.90 bits per heavy atom. The quantitative estimate of drug-likeness (QED) is 0.491. The van der Waals surface area contributed by atoms with Crippen molar-refractivity contribution >= 4 is 5.91 Å². The number of piperazine rings is 1. The standard InChI is InChI=1S/C29H31F3N6O2/c1-15-11-35-26(21-8-9-33-28(36-21)29(3,40)17-4-5-17)25(32)24(15)27(39)37-13-19-6-7-23(16(37)2)38(19)14-22-20(31)10-18(30)12-34-22/h8-12,16-17,19,23,40H,4-7,13-14H2,1-3H3/t16-,19-,23+,29?/m1/s1. The number of aryl methyl sites for hydroxylation is 1. The third-order valence-corrected chi connectivity index (χ3v) is 8.77. The van der Waals surface area contributed by atoms with Gasteiger partial charge in [-0.1, -0.05) is 0 Å². The molecule has 2 bridgehead atoms. The third-order valence-electron chi connectivity index (χ3n) is 8.77. The molecule has 0 spiro atoms. The van der Waals surface area contributed by atoms with Crippen LogP contribution in [0.4, 0.5) is 13.2 Å². The number of rotatable bonds is 6. The monoisotopic (exact) mass is 552 g/mol. The number of amides is 1. The van der Waals surface area contributed by atoms with Crippen molar-refractivity contribution in [1.82, 2.24) is 29.7 Å². The summed E-state index contributed by atoms with van der Waals surface area (Å²) in [5.74, 6) is -2.36. The van der Waals surface area contributed by atoms with Gasteiger partial charge in [-0.3, -0.25) is 19.7 Å². The fraction of sp³-hybridized carbons (Fsp3) is 0.483. The molecule has 5 heterocycles. The van der Waals surface area contributed by atoms with Crippen molar-refractivity contribution < 1.29 is 23.1 Å². The fourth-order valence-electron chi connectivity index (χ4n) is 6.25. The number of aliphatic hydroxyl groups is 1. The second kappa shape index (κ2) is 9.88.